The van der Waals surface area contributed by atoms with E-state index in [9.17, 15) is 9.18 Å². The number of rotatable bonds is 9. The van der Waals surface area contributed by atoms with Crippen molar-refractivity contribution in [2.24, 2.45) is 0 Å². The SMILES string of the molecule is CCc1nc(-c2ccc(F)cc2)n(-c2cccc(C(=O)NCCCCn3nccn3)c2)n1. The van der Waals surface area contributed by atoms with Crippen molar-refractivity contribution < 1.29 is 9.18 Å². The number of hydrogen-bond donors (Lipinski definition) is 1. The summed E-state index contributed by atoms with van der Waals surface area (Å²) in [7, 11) is 0. The summed E-state index contributed by atoms with van der Waals surface area (Å²) >= 11 is 0. The summed E-state index contributed by atoms with van der Waals surface area (Å²) in [6, 6.07) is 13.4. The van der Waals surface area contributed by atoms with Crippen LogP contribution in [-0.4, -0.2) is 42.2 Å². The summed E-state index contributed by atoms with van der Waals surface area (Å²) in [4.78, 5) is 18.9. The van der Waals surface area contributed by atoms with Crippen LogP contribution in [0.2, 0.25) is 0 Å². The molecule has 0 unspecified atom stereocenters. The molecule has 1 N–H and O–H groups in total. The van der Waals surface area contributed by atoms with E-state index in [4.69, 9.17) is 0 Å². The molecule has 9 heteroatoms. The van der Waals surface area contributed by atoms with Crippen LogP contribution in [0.15, 0.2) is 60.9 Å². The van der Waals surface area contributed by atoms with Crippen LogP contribution >= 0.6 is 0 Å². The van der Waals surface area contributed by atoms with Crippen molar-refractivity contribution in [2.45, 2.75) is 32.7 Å². The fourth-order valence-corrected chi connectivity index (χ4v) is 3.29. The second-order valence-corrected chi connectivity index (χ2v) is 7.26. The van der Waals surface area contributed by atoms with Crippen molar-refractivity contribution in [3.8, 4) is 17.1 Å². The van der Waals surface area contributed by atoms with Gasteiger partial charge in [-0.15, -0.1) is 0 Å². The van der Waals surface area contributed by atoms with Crippen molar-refractivity contribution in [1.82, 2.24) is 35.1 Å². The van der Waals surface area contributed by atoms with Crippen molar-refractivity contribution >= 4 is 5.91 Å². The molecular formula is C23H24FN7O. The topological polar surface area (TPSA) is 90.5 Å². The first-order valence-corrected chi connectivity index (χ1v) is 10.6. The molecule has 0 aliphatic carbocycles. The lowest BCUT2D eigenvalue weighted by atomic mass is 10.1. The zero-order chi connectivity index (χ0) is 22.3. The van der Waals surface area contributed by atoms with Crippen LogP contribution in [0.25, 0.3) is 17.1 Å². The van der Waals surface area contributed by atoms with Crippen molar-refractivity contribution in [1.29, 1.82) is 0 Å². The number of benzene rings is 2. The van der Waals surface area contributed by atoms with Gasteiger partial charge < -0.3 is 5.32 Å². The smallest absolute Gasteiger partial charge is 0.251 e. The van der Waals surface area contributed by atoms with Crippen molar-refractivity contribution in [2.75, 3.05) is 6.54 Å². The summed E-state index contributed by atoms with van der Waals surface area (Å²) in [5.74, 6) is 0.816. The van der Waals surface area contributed by atoms with E-state index in [1.54, 1.807) is 46.1 Å². The highest BCUT2D eigenvalue weighted by Crippen LogP contribution is 2.22. The number of amides is 1. The number of halogens is 1. The second-order valence-electron chi connectivity index (χ2n) is 7.26. The summed E-state index contributed by atoms with van der Waals surface area (Å²) in [5.41, 5.74) is 2.00. The number of carbonyl (C=O) groups is 1. The Hall–Kier alpha value is -3.88. The van der Waals surface area contributed by atoms with Gasteiger partial charge in [0.25, 0.3) is 5.91 Å². The monoisotopic (exact) mass is 433 g/mol. The molecule has 0 spiro atoms. The fourth-order valence-electron chi connectivity index (χ4n) is 3.29. The Bertz CT molecular complexity index is 1170. The molecule has 0 saturated heterocycles. The maximum absolute atomic E-state index is 13.4. The Morgan fingerprint density at radius 3 is 2.59 bits per heavy atom. The van der Waals surface area contributed by atoms with E-state index in [2.05, 4.69) is 25.6 Å². The van der Waals surface area contributed by atoms with Crippen LogP contribution in [-0.2, 0) is 13.0 Å². The van der Waals surface area contributed by atoms with E-state index in [1.807, 2.05) is 19.1 Å². The molecule has 1 amide bonds. The largest absolute Gasteiger partial charge is 0.352 e. The lowest BCUT2D eigenvalue weighted by Crippen LogP contribution is -2.24. The Morgan fingerprint density at radius 2 is 1.84 bits per heavy atom. The molecular weight excluding hydrogens is 409 g/mol. The fraction of sp³-hybridized carbons (Fsp3) is 0.261. The molecule has 0 radical (unpaired) electrons. The quantitative estimate of drug-likeness (QED) is 0.409. The van der Waals surface area contributed by atoms with Gasteiger partial charge in [0.2, 0.25) is 0 Å². The van der Waals surface area contributed by atoms with Crippen molar-refractivity contribution in [3.63, 3.8) is 0 Å². The van der Waals surface area contributed by atoms with Gasteiger partial charge in [-0.3, -0.25) is 4.79 Å². The molecule has 8 nitrogen and oxygen atoms in total. The average molecular weight is 433 g/mol. The summed E-state index contributed by atoms with van der Waals surface area (Å²) in [6.45, 7) is 3.26. The maximum atomic E-state index is 13.4. The van der Waals surface area contributed by atoms with Crippen LogP contribution in [0.5, 0.6) is 0 Å². The van der Waals surface area contributed by atoms with Gasteiger partial charge in [-0.1, -0.05) is 13.0 Å². The van der Waals surface area contributed by atoms with E-state index in [1.165, 1.54) is 12.1 Å². The first-order valence-electron chi connectivity index (χ1n) is 10.6. The zero-order valence-corrected chi connectivity index (χ0v) is 17.8. The number of hydrogen-bond acceptors (Lipinski definition) is 5. The molecule has 4 aromatic rings. The third kappa shape index (κ3) is 5.05. The van der Waals surface area contributed by atoms with Gasteiger partial charge in [0.15, 0.2) is 11.6 Å². The standard InChI is InChI=1S/C23H24FN7O/c1-2-21-28-22(17-8-10-19(24)11-9-17)31(29-21)20-7-5-6-18(16-20)23(32)25-12-3-4-15-30-26-13-14-27-30/h5-11,13-14,16H,2-4,12,15H2,1H3,(H,25,32). The highest BCUT2D eigenvalue weighted by Gasteiger charge is 2.15. The van der Waals surface area contributed by atoms with E-state index >= 15 is 0 Å². The molecule has 2 aromatic heterocycles. The molecule has 2 aromatic carbocycles. The normalized spacial score (nSPS) is 10.9. The molecule has 2 heterocycles. The number of unbranched alkanes of at least 4 members (excludes halogenated alkanes) is 1. The number of nitrogens with zero attached hydrogens (tertiary/aromatic N) is 6. The molecule has 164 valence electrons. The van der Waals surface area contributed by atoms with E-state index in [0.717, 1.165) is 24.9 Å². The summed E-state index contributed by atoms with van der Waals surface area (Å²) in [6.07, 6.45) is 5.65. The van der Waals surface area contributed by atoms with Gasteiger partial charge in [0.1, 0.15) is 5.82 Å². The Morgan fingerprint density at radius 1 is 1.06 bits per heavy atom. The van der Waals surface area contributed by atoms with Gasteiger partial charge in [-0.2, -0.15) is 20.1 Å². The number of aromatic nitrogens is 6. The van der Waals surface area contributed by atoms with Crippen LogP contribution in [0, 0.1) is 5.82 Å². The predicted molar refractivity (Wildman–Crippen MR) is 118 cm³/mol. The van der Waals surface area contributed by atoms with Crippen LogP contribution in [0.4, 0.5) is 4.39 Å². The molecule has 0 aliphatic heterocycles. The minimum Gasteiger partial charge on any atom is -0.352 e. The zero-order valence-electron chi connectivity index (χ0n) is 17.8. The molecule has 0 fully saturated rings. The molecule has 0 saturated carbocycles. The molecule has 0 atom stereocenters. The molecule has 0 bridgehead atoms. The second kappa shape index (κ2) is 9.95. The number of aryl methyl sites for hydroxylation is 2. The number of carbonyl (C=O) groups excluding carboxylic acids is 1. The highest BCUT2D eigenvalue weighted by atomic mass is 19.1. The van der Waals surface area contributed by atoms with Gasteiger partial charge in [0.05, 0.1) is 24.6 Å². The van der Waals surface area contributed by atoms with E-state index in [0.29, 0.717) is 35.9 Å². The lowest BCUT2D eigenvalue weighted by molar-refractivity contribution is 0.0952. The van der Waals surface area contributed by atoms with Crippen LogP contribution < -0.4 is 5.32 Å². The summed E-state index contributed by atoms with van der Waals surface area (Å²) in [5, 5.41) is 15.7. The Kier molecular flexibility index (Phi) is 6.64. The van der Waals surface area contributed by atoms with Gasteiger partial charge in [-0.25, -0.2) is 14.1 Å². The van der Waals surface area contributed by atoms with Crippen LogP contribution in [0.3, 0.4) is 0 Å². The minimum absolute atomic E-state index is 0.150. The van der Waals surface area contributed by atoms with Crippen LogP contribution in [0.1, 0.15) is 35.9 Å². The van der Waals surface area contributed by atoms with E-state index < -0.39 is 0 Å². The summed E-state index contributed by atoms with van der Waals surface area (Å²) < 4.78 is 15.1. The first-order chi connectivity index (χ1) is 15.6. The Labute approximate surface area is 185 Å². The highest BCUT2D eigenvalue weighted by molar-refractivity contribution is 5.94. The van der Waals surface area contributed by atoms with E-state index in [-0.39, 0.29) is 11.7 Å². The average Bonchev–Trinajstić information content (AvgIpc) is 3.49. The maximum Gasteiger partial charge on any atom is 0.251 e. The third-order valence-electron chi connectivity index (χ3n) is 4.96. The molecule has 0 aliphatic rings. The lowest BCUT2D eigenvalue weighted by Gasteiger charge is -2.09. The number of nitrogens with one attached hydrogen (secondary N) is 1. The third-order valence-corrected chi connectivity index (χ3v) is 4.96. The van der Waals surface area contributed by atoms with Gasteiger partial charge in [0, 0.05) is 24.1 Å². The molecule has 32 heavy (non-hydrogen) atoms. The Balaban J connectivity index is 1.46. The van der Waals surface area contributed by atoms with Crippen molar-refractivity contribution in [3.05, 3.63) is 78.1 Å². The van der Waals surface area contributed by atoms with Gasteiger partial charge in [-0.05, 0) is 55.3 Å². The predicted octanol–water partition coefficient (Wildman–Crippen LogP) is 3.44. The molecule has 4 rings (SSSR count). The van der Waals surface area contributed by atoms with Gasteiger partial charge >= 0.3 is 0 Å². The minimum atomic E-state index is -0.310. The first kappa shape index (κ1) is 21.4.